The number of piperidine rings is 1. The molecule has 4 N–H and O–H groups in total. The number of hydrogen-bond donors (Lipinski definition) is 4. The molecule has 1 saturated carbocycles. The number of fused-ring (bicyclic) bond motifs is 4. The third kappa shape index (κ3) is 3.42. The number of aromatic hydroxyl groups is 1. The smallest absolute Gasteiger partial charge is 0.251 e. The SMILES string of the molecule is COc1ccc(CNC(=O)c2ccc3[nH]c4c(c3c2)C[C@@]2(O)[C@H]3Cc5ccc(O)c6c5[C@@]2(CCN3CC2CC2)[C@H]4O6)cc1. The molecule has 220 valence electrons. The number of amides is 1. The first-order chi connectivity index (χ1) is 20.9. The molecule has 0 unspecified atom stereocenters. The first-order valence-corrected chi connectivity index (χ1v) is 15.4. The van der Waals surface area contributed by atoms with Crippen molar-refractivity contribution in [3.63, 3.8) is 0 Å². The molecule has 8 heteroatoms. The van der Waals surface area contributed by atoms with Crippen molar-refractivity contribution in [1.82, 2.24) is 15.2 Å². The summed E-state index contributed by atoms with van der Waals surface area (Å²) >= 11 is 0. The first-order valence-electron chi connectivity index (χ1n) is 15.4. The zero-order chi connectivity index (χ0) is 29.1. The van der Waals surface area contributed by atoms with Crippen LogP contribution in [0.1, 0.15) is 63.7 Å². The number of likely N-dealkylation sites (tertiary alicyclic amines) is 1. The Balaban J connectivity index is 1.12. The Morgan fingerprint density at radius 2 is 2.00 bits per heavy atom. The van der Waals surface area contributed by atoms with Gasteiger partial charge in [-0.05, 0) is 91.2 Å². The molecule has 3 heterocycles. The highest BCUT2D eigenvalue weighted by atomic mass is 16.5. The number of nitrogens with zero attached hydrogens (tertiary/aromatic N) is 1. The van der Waals surface area contributed by atoms with Gasteiger partial charge in [0.2, 0.25) is 0 Å². The summed E-state index contributed by atoms with van der Waals surface area (Å²) in [5.41, 5.74) is 4.93. The van der Waals surface area contributed by atoms with E-state index in [-0.39, 0.29) is 17.7 Å². The van der Waals surface area contributed by atoms with Crippen molar-refractivity contribution < 1.29 is 24.5 Å². The van der Waals surface area contributed by atoms with Crippen LogP contribution in [-0.2, 0) is 24.8 Å². The number of aliphatic hydroxyl groups is 1. The van der Waals surface area contributed by atoms with Crippen LogP contribution in [0.4, 0.5) is 0 Å². The van der Waals surface area contributed by atoms with Crippen molar-refractivity contribution in [3.8, 4) is 17.2 Å². The molecule has 43 heavy (non-hydrogen) atoms. The first kappa shape index (κ1) is 25.5. The fourth-order valence-corrected chi connectivity index (χ4v) is 8.79. The van der Waals surface area contributed by atoms with Gasteiger partial charge in [-0.2, -0.15) is 0 Å². The number of hydrogen-bond acceptors (Lipinski definition) is 6. The minimum atomic E-state index is -1.06. The Hall–Kier alpha value is -4.01. The van der Waals surface area contributed by atoms with Gasteiger partial charge < -0.3 is 30.0 Å². The second-order valence-electron chi connectivity index (χ2n) is 13.2. The average molecular weight is 578 g/mol. The zero-order valence-corrected chi connectivity index (χ0v) is 24.2. The van der Waals surface area contributed by atoms with Gasteiger partial charge in [-0.25, -0.2) is 0 Å². The van der Waals surface area contributed by atoms with Crippen LogP contribution in [0, 0.1) is 5.92 Å². The third-order valence-electron chi connectivity index (χ3n) is 11.0. The van der Waals surface area contributed by atoms with Crippen molar-refractivity contribution in [2.45, 2.75) is 61.8 Å². The molecule has 3 aliphatic carbocycles. The Morgan fingerprint density at radius 3 is 2.79 bits per heavy atom. The number of carbonyl (C=O) groups excluding carboxylic acids is 1. The van der Waals surface area contributed by atoms with E-state index in [9.17, 15) is 15.0 Å². The van der Waals surface area contributed by atoms with Crippen LogP contribution in [0.15, 0.2) is 54.6 Å². The summed E-state index contributed by atoms with van der Waals surface area (Å²) in [5, 5.41) is 28.0. The minimum Gasteiger partial charge on any atom is -0.504 e. The lowest BCUT2D eigenvalue weighted by atomic mass is 9.49. The van der Waals surface area contributed by atoms with Gasteiger partial charge in [0.05, 0.1) is 23.8 Å². The predicted octanol–water partition coefficient (Wildman–Crippen LogP) is 4.51. The van der Waals surface area contributed by atoms with E-state index in [1.165, 1.54) is 18.4 Å². The fourth-order valence-electron chi connectivity index (χ4n) is 8.79. The molecule has 3 aromatic carbocycles. The van der Waals surface area contributed by atoms with Gasteiger partial charge in [0.25, 0.3) is 5.91 Å². The topological polar surface area (TPSA) is 107 Å². The van der Waals surface area contributed by atoms with E-state index >= 15 is 0 Å². The molecule has 5 aliphatic rings. The number of benzene rings is 3. The highest BCUT2D eigenvalue weighted by Crippen LogP contribution is 2.69. The van der Waals surface area contributed by atoms with Crippen molar-refractivity contribution in [2.24, 2.45) is 5.92 Å². The second kappa shape index (κ2) is 8.77. The summed E-state index contributed by atoms with van der Waals surface area (Å²) < 4.78 is 11.9. The van der Waals surface area contributed by atoms with Crippen LogP contribution < -0.4 is 14.8 Å². The Morgan fingerprint density at radius 1 is 1.16 bits per heavy atom. The number of aromatic nitrogens is 1. The van der Waals surface area contributed by atoms with Crippen molar-refractivity contribution >= 4 is 16.8 Å². The molecule has 1 amide bonds. The van der Waals surface area contributed by atoms with Gasteiger partial charge in [0.15, 0.2) is 17.6 Å². The minimum absolute atomic E-state index is 0.0370. The number of nitrogens with one attached hydrogen (secondary N) is 2. The summed E-state index contributed by atoms with van der Waals surface area (Å²) in [5.74, 6) is 2.01. The number of phenolic OH excluding ortho intramolecular Hbond substituents is 1. The Kier molecular flexibility index (Phi) is 5.20. The van der Waals surface area contributed by atoms with Gasteiger partial charge in [-0.1, -0.05) is 18.2 Å². The van der Waals surface area contributed by atoms with Gasteiger partial charge in [0.1, 0.15) is 5.75 Å². The summed E-state index contributed by atoms with van der Waals surface area (Å²) in [6.07, 6.45) is 4.08. The lowest BCUT2D eigenvalue weighted by Gasteiger charge is -2.62. The quantitative estimate of drug-likeness (QED) is 0.269. The van der Waals surface area contributed by atoms with Crippen LogP contribution in [0.2, 0.25) is 0 Å². The maximum absolute atomic E-state index is 13.3. The molecule has 4 atom stereocenters. The molecule has 8 nitrogen and oxygen atoms in total. The molecule has 1 spiro atoms. The van der Waals surface area contributed by atoms with E-state index in [1.807, 2.05) is 48.5 Å². The van der Waals surface area contributed by atoms with Crippen LogP contribution in [0.25, 0.3) is 10.9 Å². The molecule has 9 rings (SSSR count). The van der Waals surface area contributed by atoms with Crippen molar-refractivity contribution in [3.05, 3.63) is 88.1 Å². The summed E-state index contributed by atoms with van der Waals surface area (Å²) in [4.78, 5) is 19.5. The largest absolute Gasteiger partial charge is 0.504 e. The van der Waals surface area contributed by atoms with E-state index < -0.39 is 17.1 Å². The molecule has 0 radical (unpaired) electrons. The molecule has 1 aromatic heterocycles. The molecule has 4 aromatic rings. The average Bonchev–Trinajstić information content (AvgIpc) is 3.66. The molecular formula is C35H35N3O5. The summed E-state index contributed by atoms with van der Waals surface area (Å²) in [7, 11) is 1.63. The number of aromatic amines is 1. The van der Waals surface area contributed by atoms with Crippen molar-refractivity contribution in [1.29, 1.82) is 0 Å². The maximum atomic E-state index is 13.3. The Labute approximate surface area is 249 Å². The highest BCUT2D eigenvalue weighted by molar-refractivity contribution is 5.99. The Bertz CT molecular complexity index is 1810. The van der Waals surface area contributed by atoms with Crippen LogP contribution in [0.3, 0.4) is 0 Å². The number of H-pyrrole nitrogens is 1. The lowest BCUT2D eigenvalue weighted by Crippen LogP contribution is -2.74. The number of phenols is 1. The van der Waals surface area contributed by atoms with E-state index in [0.717, 1.165) is 70.9 Å². The molecule has 1 saturated heterocycles. The molecular weight excluding hydrogens is 542 g/mol. The van der Waals surface area contributed by atoms with Crippen molar-refractivity contribution in [2.75, 3.05) is 20.2 Å². The van der Waals surface area contributed by atoms with E-state index in [2.05, 4.69) is 15.2 Å². The van der Waals surface area contributed by atoms with Crippen LogP contribution >= 0.6 is 0 Å². The van der Waals surface area contributed by atoms with Gasteiger partial charge in [-0.3, -0.25) is 9.69 Å². The third-order valence-corrected chi connectivity index (χ3v) is 11.0. The van der Waals surface area contributed by atoms with E-state index in [4.69, 9.17) is 9.47 Å². The fraction of sp³-hybridized carbons (Fsp3) is 0.400. The highest BCUT2D eigenvalue weighted by Gasteiger charge is 2.72. The zero-order valence-electron chi connectivity index (χ0n) is 24.2. The van der Waals surface area contributed by atoms with Crippen LogP contribution in [0.5, 0.6) is 17.2 Å². The summed E-state index contributed by atoms with van der Waals surface area (Å²) in [6, 6.07) is 17.1. The molecule has 2 bridgehead atoms. The van der Waals surface area contributed by atoms with E-state index in [0.29, 0.717) is 24.3 Å². The number of ether oxygens (including phenoxy) is 2. The second-order valence-corrected chi connectivity index (χ2v) is 13.2. The number of rotatable bonds is 6. The molecule has 2 fully saturated rings. The summed E-state index contributed by atoms with van der Waals surface area (Å²) in [6.45, 7) is 2.34. The predicted molar refractivity (Wildman–Crippen MR) is 161 cm³/mol. The normalized spacial score (nSPS) is 28.2. The molecule has 2 aliphatic heterocycles. The number of methoxy groups -OCH3 is 1. The monoisotopic (exact) mass is 577 g/mol. The van der Waals surface area contributed by atoms with E-state index in [1.54, 1.807) is 13.2 Å². The lowest BCUT2D eigenvalue weighted by molar-refractivity contribution is -0.173. The van der Waals surface area contributed by atoms with Gasteiger partial charge >= 0.3 is 0 Å². The standard InChI is InChI=1S/C35H35N3O5/c1-42-23-8-4-19(5-9-23)17-36-33(40)22-6-10-26-24(14-22)25-16-35(41)28-15-21-7-11-27(39)31-29(21)34(35,32(43-31)30(25)37-26)12-13-38(28)18-20-2-3-20/h4-11,14,20,28,32,37,39,41H,2-3,12-13,15-18H2,1H3,(H,36,40)/t28-,32+,34+,35-/m1/s1. The number of carbonyl (C=O) groups is 1. The van der Waals surface area contributed by atoms with Crippen LogP contribution in [-0.4, -0.2) is 57.8 Å². The van der Waals surface area contributed by atoms with Gasteiger partial charge in [-0.15, -0.1) is 0 Å². The van der Waals surface area contributed by atoms with Gasteiger partial charge in [0, 0.05) is 47.6 Å². The maximum Gasteiger partial charge on any atom is 0.251 e.